The molecule has 0 spiro atoms. The van der Waals surface area contributed by atoms with Crippen LogP contribution in [0.3, 0.4) is 0 Å². The van der Waals surface area contributed by atoms with Crippen molar-refractivity contribution in [1.29, 1.82) is 0 Å². The first-order valence-corrected chi connectivity index (χ1v) is 7.21. The average Bonchev–Trinajstić information content (AvgIpc) is 2.85. The third-order valence-electron chi connectivity index (χ3n) is 3.39. The fourth-order valence-electron chi connectivity index (χ4n) is 2.21. The first kappa shape index (κ1) is 17.1. The lowest BCUT2D eigenvalue weighted by Crippen LogP contribution is -2.31. The van der Waals surface area contributed by atoms with Gasteiger partial charge in [-0.15, -0.1) is 0 Å². The van der Waals surface area contributed by atoms with E-state index < -0.39 is 11.9 Å². The summed E-state index contributed by atoms with van der Waals surface area (Å²) < 4.78 is 9.78. The molecule has 23 heavy (non-hydrogen) atoms. The molecule has 2 rings (SSSR count). The molecule has 0 unspecified atom stereocenters. The number of β-amino-alcohol motifs (C(OH)–C–C–N with tert-alkyl or cyclic N) is 1. The zero-order chi connectivity index (χ0) is 17.0. The van der Waals surface area contributed by atoms with Gasteiger partial charge in [0.25, 0.3) is 5.91 Å². The number of carbonyl (C=O) groups excluding carboxylic acids is 2. The van der Waals surface area contributed by atoms with Crippen LogP contribution in [0.25, 0.3) is 0 Å². The van der Waals surface area contributed by atoms with Gasteiger partial charge in [-0.25, -0.2) is 4.79 Å². The fourth-order valence-corrected chi connectivity index (χ4v) is 2.43. The number of hydrogen-bond acceptors (Lipinski definition) is 6. The summed E-state index contributed by atoms with van der Waals surface area (Å²) in [5, 5.41) is 12.2. The Balaban J connectivity index is 2.33. The summed E-state index contributed by atoms with van der Waals surface area (Å²) in [5.41, 5.74) is 0.748. The molecule has 0 aliphatic carbocycles. The van der Waals surface area contributed by atoms with Crippen LogP contribution in [0.1, 0.15) is 0 Å². The second kappa shape index (κ2) is 7.34. The monoisotopic (exact) mass is 340 g/mol. The highest BCUT2D eigenvalue weighted by molar-refractivity contribution is 6.33. The molecular formula is C15H17ClN2O5. The third-order valence-corrected chi connectivity index (χ3v) is 3.70. The lowest BCUT2D eigenvalue weighted by atomic mass is 10.2. The molecule has 0 aromatic heterocycles. The van der Waals surface area contributed by atoms with E-state index >= 15 is 0 Å². The Morgan fingerprint density at radius 1 is 1.43 bits per heavy atom. The molecule has 124 valence electrons. The smallest absolute Gasteiger partial charge is 0.337 e. The van der Waals surface area contributed by atoms with Crippen LogP contribution in [-0.4, -0.2) is 55.8 Å². The van der Waals surface area contributed by atoms with Gasteiger partial charge in [0, 0.05) is 12.6 Å². The molecule has 0 saturated heterocycles. The maximum Gasteiger partial charge on any atom is 0.337 e. The minimum absolute atomic E-state index is 0.0716. The van der Waals surface area contributed by atoms with Crippen LogP contribution in [0.5, 0.6) is 5.75 Å². The number of ether oxygens (including phenoxy) is 2. The first-order chi connectivity index (χ1) is 11.0. The second-order valence-electron chi connectivity index (χ2n) is 4.77. The second-order valence-corrected chi connectivity index (χ2v) is 5.17. The number of halogens is 1. The Bertz CT molecular complexity index is 659. The Morgan fingerprint density at radius 3 is 2.74 bits per heavy atom. The highest BCUT2D eigenvalue weighted by Gasteiger charge is 2.34. The maximum absolute atomic E-state index is 12.4. The molecule has 0 fully saturated rings. The largest absolute Gasteiger partial charge is 0.497 e. The summed E-state index contributed by atoms with van der Waals surface area (Å²) in [6.45, 7) is -0.000208. The highest BCUT2D eigenvalue weighted by Crippen LogP contribution is 2.30. The third kappa shape index (κ3) is 3.57. The van der Waals surface area contributed by atoms with Crippen molar-refractivity contribution in [2.75, 3.05) is 39.2 Å². The Labute approximate surface area is 138 Å². The Hall–Kier alpha value is -2.25. The standard InChI is InChI=1S/C15H17ClN2O5/c1-22-9-3-4-12(11(16)7-9)17-13-10(15(21)23-2)8-18(5-6-19)14(13)20/h3-4,7,17,19H,5-6,8H2,1-2H3. The lowest BCUT2D eigenvalue weighted by molar-refractivity contribution is -0.136. The van der Waals surface area contributed by atoms with Crippen LogP contribution in [0.4, 0.5) is 5.69 Å². The van der Waals surface area contributed by atoms with Gasteiger partial charge in [0.2, 0.25) is 0 Å². The van der Waals surface area contributed by atoms with Crippen molar-refractivity contribution in [1.82, 2.24) is 4.90 Å². The minimum atomic E-state index is -0.606. The van der Waals surface area contributed by atoms with Gasteiger partial charge < -0.3 is 24.8 Å². The number of amides is 1. The van der Waals surface area contributed by atoms with E-state index in [2.05, 4.69) is 5.32 Å². The summed E-state index contributed by atoms with van der Waals surface area (Å²) >= 11 is 6.15. The number of nitrogens with zero attached hydrogens (tertiary/aromatic N) is 1. The number of esters is 1. The SMILES string of the molecule is COC(=O)C1=C(Nc2ccc(OC)cc2Cl)C(=O)N(CCO)C1. The predicted molar refractivity (Wildman–Crippen MR) is 84.3 cm³/mol. The Kier molecular flexibility index (Phi) is 5.46. The number of anilines is 1. The van der Waals surface area contributed by atoms with E-state index in [4.69, 9.17) is 26.2 Å². The molecule has 2 N–H and O–H groups in total. The van der Waals surface area contributed by atoms with E-state index in [1.807, 2.05) is 0 Å². The van der Waals surface area contributed by atoms with E-state index in [0.29, 0.717) is 16.5 Å². The van der Waals surface area contributed by atoms with E-state index in [-0.39, 0.29) is 31.0 Å². The van der Waals surface area contributed by atoms with Crippen LogP contribution in [-0.2, 0) is 14.3 Å². The Morgan fingerprint density at radius 2 is 2.17 bits per heavy atom. The van der Waals surface area contributed by atoms with Crippen molar-refractivity contribution in [2.24, 2.45) is 0 Å². The maximum atomic E-state index is 12.4. The molecule has 1 aliphatic rings. The van der Waals surface area contributed by atoms with Crippen molar-refractivity contribution >= 4 is 29.2 Å². The molecule has 8 heteroatoms. The van der Waals surface area contributed by atoms with Crippen molar-refractivity contribution in [2.45, 2.75) is 0 Å². The number of benzene rings is 1. The summed E-state index contributed by atoms with van der Waals surface area (Å²) in [7, 11) is 2.76. The van der Waals surface area contributed by atoms with Gasteiger partial charge >= 0.3 is 5.97 Å². The normalized spacial score (nSPS) is 14.3. The van der Waals surface area contributed by atoms with Crippen molar-refractivity contribution < 1.29 is 24.2 Å². The molecule has 1 amide bonds. The summed E-state index contributed by atoms with van der Waals surface area (Å²) in [5.74, 6) is -0.431. The van der Waals surface area contributed by atoms with Crippen LogP contribution in [0.15, 0.2) is 29.5 Å². The van der Waals surface area contributed by atoms with Crippen LogP contribution in [0.2, 0.25) is 5.02 Å². The molecule has 7 nitrogen and oxygen atoms in total. The number of aliphatic hydroxyl groups excluding tert-OH is 1. The van der Waals surface area contributed by atoms with E-state index in [9.17, 15) is 9.59 Å². The predicted octanol–water partition coefficient (Wildman–Crippen LogP) is 1.02. The number of carbonyl (C=O) groups is 2. The quantitative estimate of drug-likeness (QED) is 0.752. The number of rotatable bonds is 6. The number of nitrogens with one attached hydrogen (secondary N) is 1. The van der Waals surface area contributed by atoms with Gasteiger partial charge in [-0.3, -0.25) is 4.79 Å². The van der Waals surface area contributed by atoms with E-state index in [1.54, 1.807) is 18.2 Å². The van der Waals surface area contributed by atoms with Crippen LogP contribution in [0, 0.1) is 0 Å². The van der Waals surface area contributed by atoms with E-state index in [0.717, 1.165) is 0 Å². The zero-order valence-corrected chi connectivity index (χ0v) is 13.5. The number of hydrogen-bond donors (Lipinski definition) is 2. The summed E-state index contributed by atoms with van der Waals surface area (Å²) in [6.07, 6.45) is 0. The molecule has 0 saturated carbocycles. The number of aliphatic hydroxyl groups is 1. The van der Waals surface area contributed by atoms with Gasteiger partial charge in [-0.05, 0) is 12.1 Å². The zero-order valence-electron chi connectivity index (χ0n) is 12.8. The van der Waals surface area contributed by atoms with Gasteiger partial charge in [-0.2, -0.15) is 0 Å². The molecule has 0 atom stereocenters. The van der Waals surface area contributed by atoms with E-state index in [1.165, 1.54) is 19.1 Å². The highest BCUT2D eigenvalue weighted by atomic mass is 35.5. The van der Waals surface area contributed by atoms with Crippen LogP contribution < -0.4 is 10.1 Å². The first-order valence-electron chi connectivity index (χ1n) is 6.84. The minimum Gasteiger partial charge on any atom is -0.497 e. The van der Waals surface area contributed by atoms with Crippen molar-refractivity contribution in [3.8, 4) is 5.75 Å². The molecule has 1 aromatic carbocycles. The van der Waals surface area contributed by atoms with Gasteiger partial charge in [0.1, 0.15) is 11.4 Å². The average molecular weight is 341 g/mol. The molecular weight excluding hydrogens is 324 g/mol. The summed E-state index contributed by atoms with van der Waals surface area (Å²) in [4.78, 5) is 25.6. The molecule has 1 heterocycles. The van der Waals surface area contributed by atoms with Crippen LogP contribution >= 0.6 is 11.6 Å². The van der Waals surface area contributed by atoms with Gasteiger partial charge in [-0.1, -0.05) is 11.6 Å². The van der Waals surface area contributed by atoms with Gasteiger partial charge in [0.05, 0.1) is 43.7 Å². The molecule has 0 bridgehead atoms. The molecule has 0 radical (unpaired) electrons. The van der Waals surface area contributed by atoms with Gasteiger partial charge in [0.15, 0.2) is 0 Å². The topological polar surface area (TPSA) is 88.1 Å². The van der Waals surface area contributed by atoms with Crippen molar-refractivity contribution in [3.63, 3.8) is 0 Å². The molecule has 1 aromatic rings. The number of methoxy groups -OCH3 is 2. The fraction of sp³-hybridized carbons (Fsp3) is 0.333. The summed E-state index contributed by atoms with van der Waals surface area (Å²) in [6, 6.07) is 4.91. The van der Waals surface area contributed by atoms with Crippen molar-refractivity contribution in [3.05, 3.63) is 34.5 Å². The lowest BCUT2D eigenvalue weighted by Gasteiger charge is -2.15. The molecule has 1 aliphatic heterocycles.